The van der Waals surface area contributed by atoms with Crippen molar-refractivity contribution in [1.82, 2.24) is 9.80 Å². The van der Waals surface area contributed by atoms with Gasteiger partial charge in [0.1, 0.15) is 13.2 Å². The van der Waals surface area contributed by atoms with Crippen LogP contribution in [0.4, 0.5) is 0 Å². The number of ether oxygens (including phenoxy) is 3. The lowest BCUT2D eigenvalue weighted by Gasteiger charge is -2.16. The molecule has 0 spiro atoms. The lowest BCUT2D eigenvalue weighted by molar-refractivity contribution is -0.146. The van der Waals surface area contributed by atoms with Crippen LogP contribution in [0.5, 0.6) is 0 Å². The van der Waals surface area contributed by atoms with Gasteiger partial charge in [-0.2, -0.15) is 0 Å². The first kappa shape index (κ1) is 17.2. The lowest BCUT2D eigenvalue weighted by atomic mass is 10.6. The topological polar surface area (TPSA) is 51.2 Å². The third-order valence-corrected chi connectivity index (χ3v) is 2.19. The molecule has 0 atom stereocenters. The number of carbonyl (C=O) groups excluding carboxylic acids is 1. The number of methoxy groups -OCH3 is 1. The molecule has 0 aliphatic carbocycles. The van der Waals surface area contributed by atoms with Crippen molar-refractivity contribution >= 4 is 23.0 Å². The molecule has 0 bridgehead atoms. The van der Waals surface area contributed by atoms with E-state index in [4.69, 9.17) is 14.2 Å². The molecule has 0 aromatic heterocycles. The predicted molar refractivity (Wildman–Crippen MR) is 72.5 cm³/mol. The molecule has 6 nitrogen and oxygen atoms in total. The fourth-order valence-electron chi connectivity index (χ4n) is 1.36. The van der Waals surface area contributed by atoms with Crippen LogP contribution in [-0.4, -0.2) is 69.6 Å². The summed E-state index contributed by atoms with van der Waals surface area (Å²) in [5, 5.41) is 0. The largest absolute Gasteiger partial charge is 0.462 e. The first-order valence-corrected chi connectivity index (χ1v) is 5.57. The van der Waals surface area contributed by atoms with E-state index in [0.717, 1.165) is 6.67 Å². The molecule has 7 heteroatoms. The molecule has 0 saturated heterocycles. The molecule has 1 rings (SSSR count). The highest BCUT2D eigenvalue weighted by atomic mass is 79.9. The van der Waals surface area contributed by atoms with Crippen molar-refractivity contribution in [3.63, 3.8) is 0 Å². The molecule has 106 valence electrons. The quantitative estimate of drug-likeness (QED) is 0.477. The Morgan fingerprint density at radius 1 is 1.22 bits per heavy atom. The molecule has 0 aromatic carbocycles. The second-order valence-corrected chi connectivity index (χ2v) is 3.77. The molecule has 0 amide bonds. The molecule has 0 unspecified atom stereocenters. The number of hydrogen-bond donors (Lipinski definition) is 0. The standard InChI is InChI=1S/C11H20N2O4.BrH/c1-12-3-4-13(10-12)9-11(14)17-8-7-16-6-5-15-2;/h3-4H,5-10H2,1-2H3;1H. The Kier molecular flexibility index (Phi) is 9.72. The Balaban J connectivity index is 0.00000289. The SMILES string of the molecule is Br.COCCOCCOC(=O)CN1C=CN(C)C1. The highest BCUT2D eigenvalue weighted by Crippen LogP contribution is 2.02. The third kappa shape index (κ3) is 7.52. The van der Waals surface area contributed by atoms with E-state index in [9.17, 15) is 4.79 Å². The number of esters is 1. The van der Waals surface area contributed by atoms with E-state index < -0.39 is 0 Å². The van der Waals surface area contributed by atoms with Gasteiger partial charge in [0, 0.05) is 26.6 Å². The molecule has 0 N–H and O–H groups in total. The molecule has 1 aliphatic rings. The van der Waals surface area contributed by atoms with Gasteiger partial charge in [0.2, 0.25) is 0 Å². The monoisotopic (exact) mass is 324 g/mol. The van der Waals surface area contributed by atoms with Gasteiger partial charge in [-0.3, -0.25) is 4.79 Å². The molecule has 0 radical (unpaired) electrons. The van der Waals surface area contributed by atoms with Crippen LogP contribution >= 0.6 is 17.0 Å². The van der Waals surface area contributed by atoms with Gasteiger partial charge in [-0.15, -0.1) is 17.0 Å². The lowest BCUT2D eigenvalue weighted by Crippen LogP contribution is -2.29. The average molecular weight is 325 g/mol. The van der Waals surface area contributed by atoms with Gasteiger partial charge in [-0.25, -0.2) is 0 Å². The Morgan fingerprint density at radius 2 is 1.94 bits per heavy atom. The number of carbonyl (C=O) groups is 1. The van der Waals surface area contributed by atoms with Crippen LogP contribution in [0.2, 0.25) is 0 Å². The molecular formula is C11H21BrN2O4. The van der Waals surface area contributed by atoms with E-state index in [1.807, 2.05) is 29.2 Å². The molecule has 18 heavy (non-hydrogen) atoms. The summed E-state index contributed by atoms with van der Waals surface area (Å²) in [6.45, 7) is 2.77. The molecule has 1 aliphatic heterocycles. The van der Waals surface area contributed by atoms with E-state index in [-0.39, 0.29) is 36.1 Å². The second kappa shape index (κ2) is 10.2. The first-order chi connectivity index (χ1) is 8.22. The first-order valence-electron chi connectivity index (χ1n) is 5.57. The van der Waals surface area contributed by atoms with Crippen molar-refractivity contribution in [3.8, 4) is 0 Å². The maximum absolute atomic E-state index is 11.4. The Hall–Kier alpha value is -0.790. The van der Waals surface area contributed by atoms with Crippen LogP contribution in [0.15, 0.2) is 12.4 Å². The molecule has 0 fully saturated rings. The van der Waals surface area contributed by atoms with E-state index in [2.05, 4.69) is 0 Å². The Labute approximate surface area is 118 Å². The highest BCUT2D eigenvalue weighted by molar-refractivity contribution is 8.93. The third-order valence-electron chi connectivity index (χ3n) is 2.19. The number of nitrogens with zero attached hydrogens (tertiary/aromatic N) is 2. The summed E-state index contributed by atoms with van der Waals surface area (Å²) in [4.78, 5) is 15.3. The van der Waals surface area contributed by atoms with Crippen molar-refractivity contribution < 1.29 is 19.0 Å². The minimum atomic E-state index is -0.236. The van der Waals surface area contributed by atoms with Crippen molar-refractivity contribution in [2.45, 2.75) is 0 Å². The molecule has 0 aromatic rings. The Bertz CT molecular complexity index is 263. The second-order valence-electron chi connectivity index (χ2n) is 3.77. The van der Waals surface area contributed by atoms with Gasteiger partial charge in [0.05, 0.1) is 26.5 Å². The van der Waals surface area contributed by atoms with Gasteiger partial charge in [-0.05, 0) is 0 Å². The maximum Gasteiger partial charge on any atom is 0.325 e. The van der Waals surface area contributed by atoms with Crippen LogP contribution in [0, 0.1) is 0 Å². The summed E-state index contributed by atoms with van der Waals surface area (Å²) in [5.74, 6) is -0.236. The van der Waals surface area contributed by atoms with Crippen molar-refractivity contribution in [1.29, 1.82) is 0 Å². The number of hydrogen-bond acceptors (Lipinski definition) is 6. The highest BCUT2D eigenvalue weighted by Gasteiger charge is 2.13. The molecule has 1 heterocycles. The summed E-state index contributed by atoms with van der Waals surface area (Å²) in [5.41, 5.74) is 0. The minimum absolute atomic E-state index is 0. The zero-order chi connectivity index (χ0) is 12.5. The fourth-order valence-corrected chi connectivity index (χ4v) is 1.36. The molecular weight excluding hydrogens is 304 g/mol. The van der Waals surface area contributed by atoms with Crippen molar-refractivity contribution in [2.24, 2.45) is 0 Å². The summed E-state index contributed by atoms with van der Waals surface area (Å²) < 4.78 is 15.0. The van der Waals surface area contributed by atoms with Gasteiger partial charge >= 0.3 is 5.97 Å². The van der Waals surface area contributed by atoms with Gasteiger partial charge < -0.3 is 24.0 Å². The summed E-state index contributed by atoms with van der Waals surface area (Å²) in [6.07, 6.45) is 3.79. The summed E-state index contributed by atoms with van der Waals surface area (Å²) in [6, 6.07) is 0. The zero-order valence-electron chi connectivity index (χ0n) is 10.8. The maximum atomic E-state index is 11.4. The molecule has 0 saturated carbocycles. The van der Waals surface area contributed by atoms with Gasteiger partial charge in [0.25, 0.3) is 0 Å². The van der Waals surface area contributed by atoms with E-state index >= 15 is 0 Å². The van der Waals surface area contributed by atoms with E-state index in [0.29, 0.717) is 19.8 Å². The van der Waals surface area contributed by atoms with Gasteiger partial charge in [-0.1, -0.05) is 0 Å². The fraction of sp³-hybridized carbons (Fsp3) is 0.727. The zero-order valence-corrected chi connectivity index (χ0v) is 12.5. The summed E-state index contributed by atoms with van der Waals surface area (Å²) in [7, 11) is 3.56. The van der Waals surface area contributed by atoms with E-state index in [1.165, 1.54) is 0 Å². The van der Waals surface area contributed by atoms with Crippen LogP contribution in [-0.2, 0) is 19.0 Å². The summed E-state index contributed by atoms with van der Waals surface area (Å²) >= 11 is 0. The van der Waals surface area contributed by atoms with Gasteiger partial charge in [0.15, 0.2) is 0 Å². The van der Waals surface area contributed by atoms with Crippen molar-refractivity contribution in [2.75, 3.05) is 53.8 Å². The van der Waals surface area contributed by atoms with Crippen LogP contribution in [0.3, 0.4) is 0 Å². The van der Waals surface area contributed by atoms with E-state index in [1.54, 1.807) is 7.11 Å². The smallest absolute Gasteiger partial charge is 0.325 e. The van der Waals surface area contributed by atoms with Crippen molar-refractivity contribution in [3.05, 3.63) is 12.4 Å². The predicted octanol–water partition coefficient (Wildman–Crippen LogP) is 0.447. The minimum Gasteiger partial charge on any atom is -0.462 e. The van der Waals surface area contributed by atoms with Crippen LogP contribution in [0.25, 0.3) is 0 Å². The number of rotatable bonds is 8. The average Bonchev–Trinajstić information content (AvgIpc) is 2.69. The van der Waals surface area contributed by atoms with Crippen LogP contribution in [0.1, 0.15) is 0 Å². The number of halogens is 1. The Morgan fingerprint density at radius 3 is 2.56 bits per heavy atom. The normalized spacial score (nSPS) is 13.7. The van der Waals surface area contributed by atoms with Crippen LogP contribution < -0.4 is 0 Å².